The van der Waals surface area contributed by atoms with Crippen molar-refractivity contribution in [2.45, 2.75) is 18.5 Å². The van der Waals surface area contributed by atoms with Crippen LogP contribution in [0.5, 0.6) is 0 Å². The van der Waals surface area contributed by atoms with Crippen LogP contribution in [-0.2, 0) is 0 Å². The van der Waals surface area contributed by atoms with Gasteiger partial charge in [-0.25, -0.2) is 0 Å². The highest BCUT2D eigenvalue weighted by atomic mass is 28.3. The van der Waals surface area contributed by atoms with Gasteiger partial charge in [0.2, 0.25) is 0 Å². The lowest BCUT2D eigenvalue weighted by Gasteiger charge is -2.23. The maximum Gasteiger partial charge on any atom is 0.117 e. The number of fused-ring (bicyclic) bond motifs is 3. The average Bonchev–Trinajstić information content (AvgIpc) is 2.56. The van der Waals surface area contributed by atoms with Gasteiger partial charge in [0.25, 0.3) is 0 Å². The molecule has 0 amide bonds. The summed E-state index contributed by atoms with van der Waals surface area (Å²) in [5.41, 5.74) is 0. The summed E-state index contributed by atoms with van der Waals surface area (Å²) < 4.78 is 0. The van der Waals surface area contributed by atoms with E-state index >= 15 is 0 Å². The van der Waals surface area contributed by atoms with Crippen LogP contribution >= 0.6 is 0 Å². The molecule has 0 unspecified atom stereocenters. The summed E-state index contributed by atoms with van der Waals surface area (Å²) >= 11 is 0. The molecule has 1 spiro atoms. The van der Waals surface area contributed by atoms with E-state index in [1.54, 1.807) is 10.4 Å². The molecule has 0 atom stereocenters. The third-order valence-corrected chi connectivity index (χ3v) is 8.98. The Morgan fingerprint density at radius 1 is 1.27 bits per heavy atom. The molecule has 2 aliphatic rings. The van der Waals surface area contributed by atoms with E-state index in [4.69, 9.17) is 0 Å². The lowest BCUT2D eigenvalue weighted by molar-refractivity contribution is 0.943. The van der Waals surface area contributed by atoms with Crippen LogP contribution in [0.4, 0.5) is 0 Å². The van der Waals surface area contributed by atoms with Gasteiger partial charge in [0.1, 0.15) is 8.07 Å². The van der Waals surface area contributed by atoms with Crippen LogP contribution in [0.3, 0.4) is 0 Å². The monoisotopic (exact) mass is 173 g/mol. The van der Waals surface area contributed by atoms with Crippen molar-refractivity contribution in [1.82, 2.24) is 0 Å². The van der Waals surface area contributed by atoms with Crippen LogP contribution in [-0.4, -0.2) is 18.3 Å². The molecule has 3 radical (unpaired) electrons. The minimum Gasteiger partial charge on any atom is -0.0677 e. The molecule has 1 aromatic rings. The second-order valence-corrected chi connectivity index (χ2v) is 8.41. The van der Waals surface area contributed by atoms with Gasteiger partial charge in [-0.2, -0.15) is 0 Å². The van der Waals surface area contributed by atoms with Gasteiger partial charge in [-0.15, -0.1) is 0 Å². The van der Waals surface area contributed by atoms with Crippen LogP contribution in [0.1, 0.15) is 6.42 Å². The molecule has 0 nitrogen and oxygen atoms in total. The Morgan fingerprint density at radius 3 is 2.64 bits per heavy atom. The Morgan fingerprint density at radius 2 is 2.09 bits per heavy atom. The summed E-state index contributed by atoms with van der Waals surface area (Å²) in [5, 5.41) is 4.87. The molecule has 0 aromatic heterocycles. The SMILES string of the molecule is [Si]c1cccc2c1[Si]21CCC1. The van der Waals surface area contributed by atoms with Crippen molar-refractivity contribution in [1.29, 1.82) is 0 Å². The highest BCUT2D eigenvalue weighted by molar-refractivity contribution is 7.20. The molecule has 11 heavy (non-hydrogen) atoms. The normalized spacial score (nSPS) is 22.6. The Balaban J connectivity index is 2.17. The summed E-state index contributed by atoms with van der Waals surface area (Å²) in [6, 6.07) is 9.77. The molecule has 0 saturated carbocycles. The van der Waals surface area contributed by atoms with E-state index in [2.05, 4.69) is 28.4 Å². The van der Waals surface area contributed by atoms with E-state index in [9.17, 15) is 0 Å². The highest BCUT2D eigenvalue weighted by Gasteiger charge is 2.56. The second-order valence-electron chi connectivity index (χ2n) is 3.66. The van der Waals surface area contributed by atoms with Crippen molar-refractivity contribution in [2.75, 3.05) is 0 Å². The quantitative estimate of drug-likeness (QED) is 0.475. The predicted molar refractivity (Wildman–Crippen MR) is 51.1 cm³/mol. The number of hydrogen-bond acceptors (Lipinski definition) is 0. The lowest BCUT2D eigenvalue weighted by atomic mass is 10.4. The van der Waals surface area contributed by atoms with Crippen molar-refractivity contribution in [3.05, 3.63) is 18.2 Å². The summed E-state index contributed by atoms with van der Waals surface area (Å²) in [6.45, 7) is 0. The van der Waals surface area contributed by atoms with Gasteiger partial charge in [-0.05, 0) is 12.1 Å². The Kier molecular flexibility index (Phi) is 0.955. The topological polar surface area (TPSA) is 0 Å². The van der Waals surface area contributed by atoms with Crippen molar-refractivity contribution in [2.24, 2.45) is 0 Å². The van der Waals surface area contributed by atoms with E-state index in [0.29, 0.717) is 0 Å². The summed E-state index contributed by atoms with van der Waals surface area (Å²) in [6.07, 6.45) is 1.48. The van der Waals surface area contributed by atoms with Gasteiger partial charge in [-0.1, -0.05) is 40.2 Å². The molecule has 1 saturated heterocycles. The third kappa shape index (κ3) is 0.564. The molecule has 53 valence electrons. The number of rotatable bonds is 0. The first-order valence-corrected chi connectivity index (χ1v) is 7.12. The van der Waals surface area contributed by atoms with Gasteiger partial charge < -0.3 is 0 Å². The predicted octanol–water partition coefficient (Wildman–Crippen LogP) is -0.240. The van der Waals surface area contributed by atoms with Crippen LogP contribution in [0.25, 0.3) is 0 Å². The smallest absolute Gasteiger partial charge is 0.0677 e. The first kappa shape index (κ1) is 6.20. The first-order chi connectivity index (χ1) is 5.34. The zero-order chi connectivity index (χ0) is 7.47. The minimum atomic E-state index is -0.830. The van der Waals surface area contributed by atoms with Gasteiger partial charge in [0.05, 0.1) is 10.2 Å². The van der Waals surface area contributed by atoms with E-state index in [1.807, 2.05) is 0 Å². The fourth-order valence-corrected chi connectivity index (χ4v) is 8.10. The van der Waals surface area contributed by atoms with Gasteiger partial charge in [0, 0.05) is 0 Å². The zero-order valence-corrected chi connectivity index (χ0v) is 8.35. The van der Waals surface area contributed by atoms with Gasteiger partial charge in [0.15, 0.2) is 0 Å². The molecule has 2 heterocycles. The first-order valence-electron chi connectivity index (χ1n) is 4.20. The van der Waals surface area contributed by atoms with Crippen molar-refractivity contribution >= 4 is 33.9 Å². The number of benzene rings is 1. The van der Waals surface area contributed by atoms with Crippen molar-refractivity contribution in [3.8, 4) is 0 Å². The molecule has 0 bridgehead atoms. The van der Waals surface area contributed by atoms with Gasteiger partial charge >= 0.3 is 0 Å². The molecule has 0 N–H and O–H groups in total. The standard InChI is InChI=1S/C9H9Si2/c10-7-3-1-4-8-9(7)11(8)5-2-6-11/h1,3-4H,2,5-6H2. The number of hydrogen-bond donors (Lipinski definition) is 0. The Bertz CT molecular complexity index is 326. The zero-order valence-electron chi connectivity index (χ0n) is 6.35. The molecule has 1 fully saturated rings. The van der Waals surface area contributed by atoms with E-state index < -0.39 is 8.07 Å². The summed E-state index contributed by atoms with van der Waals surface area (Å²) in [7, 11) is 2.85. The Labute approximate surface area is 71.1 Å². The lowest BCUT2D eigenvalue weighted by Crippen LogP contribution is -2.39. The van der Waals surface area contributed by atoms with Crippen LogP contribution in [0.15, 0.2) is 18.2 Å². The molecular formula is C9H9Si2. The summed E-state index contributed by atoms with van der Waals surface area (Å²) in [4.78, 5) is 0. The highest BCUT2D eigenvalue weighted by Crippen LogP contribution is 2.37. The molecular weight excluding hydrogens is 164 g/mol. The fraction of sp³-hybridized carbons (Fsp3) is 0.333. The van der Waals surface area contributed by atoms with Crippen LogP contribution in [0.2, 0.25) is 12.1 Å². The molecule has 2 aliphatic heterocycles. The molecule has 2 heteroatoms. The van der Waals surface area contributed by atoms with E-state index in [1.165, 1.54) is 23.7 Å². The fourth-order valence-electron chi connectivity index (χ4n) is 2.40. The second kappa shape index (κ2) is 1.69. The average molecular weight is 173 g/mol. The summed E-state index contributed by atoms with van der Waals surface area (Å²) in [5.74, 6) is 0. The molecule has 3 rings (SSSR count). The Hall–Kier alpha value is -0.346. The third-order valence-electron chi connectivity index (χ3n) is 3.20. The maximum atomic E-state index is 3.68. The largest absolute Gasteiger partial charge is 0.117 e. The van der Waals surface area contributed by atoms with Crippen molar-refractivity contribution in [3.63, 3.8) is 0 Å². The maximum absolute atomic E-state index is 3.68. The van der Waals surface area contributed by atoms with E-state index in [0.717, 1.165) is 0 Å². The minimum absolute atomic E-state index is 0.830. The van der Waals surface area contributed by atoms with E-state index in [-0.39, 0.29) is 0 Å². The van der Waals surface area contributed by atoms with Crippen LogP contribution in [0, 0.1) is 0 Å². The van der Waals surface area contributed by atoms with Crippen LogP contribution < -0.4 is 15.6 Å². The van der Waals surface area contributed by atoms with Gasteiger partial charge in [-0.3, -0.25) is 0 Å². The molecule has 1 aromatic carbocycles. The molecule has 0 aliphatic carbocycles. The van der Waals surface area contributed by atoms with Crippen molar-refractivity contribution < 1.29 is 0 Å².